The molecule has 7 saturated heterocycles. The molecule has 7 fully saturated rings. The van der Waals surface area contributed by atoms with Crippen molar-refractivity contribution in [3.8, 4) is 0 Å². The third kappa shape index (κ3) is 35.1. The smallest absolute Gasteiger partial charge is 0.410 e. The van der Waals surface area contributed by atoms with Gasteiger partial charge in [0.1, 0.15) is 28.2 Å². The summed E-state index contributed by atoms with van der Waals surface area (Å²) >= 11 is 0. The summed E-state index contributed by atoms with van der Waals surface area (Å²) in [6.45, 7) is 28.1. The Hall–Kier alpha value is -7.34. The number of hydrogen-bond acceptors (Lipinski definition) is 27. The van der Waals surface area contributed by atoms with Crippen LogP contribution in [0.15, 0.2) is 55.0 Å². The maximum Gasteiger partial charge on any atom is 0.410 e. The van der Waals surface area contributed by atoms with Crippen molar-refractivity contribution >= 4 is 52.9 Å². The van der Waals surface area contributed by atoms with Gasteiger partial charge in [-0.05, 0) is 240 Å². The monoisotopic (exact) mass is 1500 g/mol. The summed E-state index contributed by atoms with van der Waals surface area (Å²) in [7, 11) is 15.7. The van der Waals surface area contributed by atoms with E-state index < -0.39 is 54.9 Å². The highest BCUT2D eigenvalue weighted by Gasteiger charge is 2.49. The number of carbonyl (C=O) groups excluding carboxylic acids is 4. The standard InChI is InChI=1S/C13H20N4O3.C13H22N4O.C13H26N2O3.C11H19NO3.C10H17NO3.C8H18N2O.C5H3FN2O2/c1-15(2)9-13(18)6-3-7-16(10-13)11-4-5-12(14-8-11)17(19)20;1-16(2)9-13(18)6-3-7-17(10-13)11-4-5-12(14)15-8-11;1-12(2,3)18-11(16)15-8-6-7-13(17,10-15)9-14(4)5;1-10(2,3)15-9(13)12-6-4-5-11(7-12)8-14-11;1-10(2,3)14-9(13)11-6-4-5-8(12)7-11;1-10(2)7-8(11)4-3-5-9-6-8;6-4-1-2-5(7-3-4)8(9)10/h4-5,8,18H,3,6-7,9-10H2,1-2H3;4-5,8,18H,3,6-7,9-10H2,1-2H3,(H2,14,15);17H,6-10H2,1-5H3;4-8H2,1-3H3;4-7H2,1-3H3;9,11H,3-7H2,1-2H3;1-3H. The molecule has 5 atom stereocenters. The number of β-amino-alcohol motifs (C(OH)–C–C–N with tert-alkyl or cyclic N) is 4. The number of likely N-dealkylation sites (tertiary alicyclic amines) is 3. The van der Waals surface area contributed by atoms with Crippen molar-refractivity contribution in [1.29, 1.82) is 0 Å². The minimum Gasteiger partial charge on any atom is -0.444 e. The number of ketones is 1. The van der Waals surface area contributed by atoms with Gasteiger partial charge in [0.15, 0.2) is 24.0 Å². The predicted molar refractivity (Wildman–Crippen MR) is 404 cm³/mol. The molecule has 32 nitrogen and oxygen atoms in total. The molecule has 0 aromatic carbocycles. The van der Waals surface area contributed by atoms with Crippen LogP contribution in [0.4, 0.5) is 47.6 Å². The topological polar surface area (TPSA) is 382 Å². The Kier molecular flexibility index (Phi) is 35.0. The lowest BCUT2D eigenvalue weighted by atomic mass is 9.92. The number of hydrogen-bond donors (Lipinski definition) is 6. The lowest BCUT2D eigenvalue weighted by molar-refractivity contribution is -0.389. The minimum atomic E-state index is -0.821. The first-order valence-corrected chi connectivity index (χ1v) is 36.5. The van der Waals surface area contributed by atoms with E-state index >= 15 is 0 Å². The molecule has 1 spiro atoms. The van der Waals surface area contributed by atoms with Gasteiger partial charge in [0, 0.05) is 97.1 Å². The quantitative estimate of drug-likeness (QED) is 0.0464. The van der Waals surface area contributed by atoms with E-state index in [0.29, 0.717) is 71.1 Å². The summed E-state index contributed by atoms with van der Waals surface area (Å²) in [5.41, 5.74) is 3.33. The number of nitrogen functional groups attached to an aromatic ring is 1. The average molecular weight is 1500 g/mol. The van der Waals surface area contributed by atoms with E-state index in [0.717, 1.165) is 146 Å². The highest BCUT2D eigenvalue weighted by atomic mass is 19.1. The number of likely N-dealkylation sites (N-methyl/N-ethyl adjacent to an activating group) is 4. The van der Waals surface area contributed by atoms with Crippen LogP contribution in [-0.4, -0.2) is 316 Å². The maximum absolute atomic E-state index is 12.1. The molecule has 7 aliphatic heterocycles. The number of pyridine rings is 3. The number of amides is 3. The van der Waals surface area contributed by atoms with Crippen LogP contribution in [0.2, 0.25) is 0 Å². The van der Waals surface area contributed by atoms with Crippen LogP contribution in [0.5, 0.6) is 0 Å². The van der Waals surface area contributed by atoms with Gasteiger partial charge in [0.25, 0.3) is 0 Å². The Morgan fingerprint density at radius 3 is 1.31 bits per heavy atom. The van der Waals surface area contributed by atoms with E-state index in [1.165, 1.54) is 17.2 Å². The van der Waals surface area contributed by atoms with E-state index in [9.17, 15) is 64.2 Å². The zero-order chi connectivity index (χ0) is 79.7. The van der Waals surface area contributed by atoms with Gasteiger partial charge in [0.2, 0.25) is 0 Å². The lowest BCUT2D eigenvalue weighted by Crippen LogP contribution is -2.55. The summed E-state index contributed by atoms with van der Waals surface area (Å²) in [6, 6.07) is 8.85. The van der Waals surface area contributed by atoms with Crippen molar-refractivity contribution in [2.75, 3.05) is 183 Å². The molecule has 0 aliphatic carbocycles. The molecule has 106 heavy (non-hydrogen) atoms. The first-order valence-electron chi connectivity index (χ1n) is 36.5. The molecule has 0 saturated carbocycles. The van der Waals surface area contributed by atoms with Crippen LogP contribution in [0.1, 0.15) is 139 Å². The van der Waals surface area contributed by atoms with E-state index in [1.807, 2.05) is 149 Å². The number of halogens is 1. The van der Waals surface area contributed by atoms with Crippen LogP contribution in [-0.2, 0) is 23.7 Å². The number of nitrogens with two attached hydrogens (primary N) is 1. The molecule has 33 heteroatoms. The Bertz CT molecular complexity index is 3200. The van der Waals surface area contributed by atoms with Gasteiger partial charge in [-0.1, -0.05) is 0 Å². The van der Waals surface area contributed by atoms with Crippen molar-refractivity contribution in [3.63, 3.8) is 0 Å². The summed E-state index contributed by atoms with van der Waals surface area (Å²) < 4.78 is 33.3. The van der Waals surface area contributed by atoms with Crippen LogP contribution in [0.3, 0.4) is 0 Å². The summed E-state index contributed by atoms with van der Waals surface area (Å²) in [4.78, 5) is 93.9. The molecule has 5 unspecified atom stereocenters. The Balaban J connectivity index is 0.000000264. The summed E-state index contributed by atoms with van der Waals surface area (Å²) in [5, 5.41) is 65.3. The third-order valence-electron chi connectivity index (χ3n) is 17.2. The largest absolute Gasteiger partial charge is 0.444 e. The van der Waals surface area contributed by atoms with Crippen molar-refractivity contribution in [2.45, 2.75) is 184 Å². The van der Waals surface area contributed by atoms with Gasteiger partial charge in [-0.3, -0.25) is 4.79 Å². The minimum absolute atomic E-state index is 0.0187. The average Bonchev–Trinajstić information content (AvgIpc) is 1.61. The Labute approximate surface area is 626 Å². The number of anilines is 3. The molecule has 0 radical (unpaired) electrons. The van der Waals surface area contributed by atoms with Gasteiger partial charge >= 0.3 is 29.9 Å². The number of rotatable bonds is 12. The molecular weight excluding hydrogens is 1380 g/mol. The van der Waals surface area contributed by atoms with Crippen molar-refractivity contribution in [1.82, 2.24) is 54.6 Å². The SMILES string of the molecule is CC(C)(C)OC(=O)N1CCCC(=O)C1.CC(C)(C)OC(=O)N1CCCC2(CO2)C1.CN(C)CC1(O)CCCN(C(=O)OC(C)(C)C)C1.CN(C)CC1(O)CCCN(c2ccc(N)nc2)C1.CN(C)CC1(O)CCCN(c2ccc([N+](=O)[O-])nc2)C1.CN(C)CC1(O)CCCNC1.O=[N+]([O-])c1ccc(F)cn1. The molecular formula is C73H125FN16O16. The van der Waals surface area contributed by atoms with Gasteiger partial charge in [-0.15, -0.1) is 0 Å². The van der Waals surface area contributed by atoms with Gasteiger partial charge in [0.05, 0.1) is 66.2 Å². The van der Waals surface area contributed by atoms with E-state index in [-0.39, 0.29) is 47.8 Å². The summed E-state index contributed by atoms with van der Waals surface area (Å²) in [5.74, 6) is -0.442. The first-order chi connectivity index (χ1) is 49.1. The molecule has 3 aromatic rings. The van der Waals surface area contributed by atoms with Crippen molar-refractivity contribution < 1.29 is 72.8 Å². The zero-order valence-electron chi connectivity index (χ0n) is 66.1. The molecule has 3 aromatic heterocycles. The maximum atomic E-state index is 12.1. The lowest BCUT2D eigenvalue weighted by Gasteiger charge is -2.41. The number of nitro groups is 2. The third-order valence-corrected chi connectivity index (χ3v) is 17.2. The highest BCUT2D eigenvalue weighted by molar-refractivity contribution is 5.85. The number of carbonyl (C=O) groups is 4. The van der Waals surface area contributed by atoms with E-state index in [1.54, 1.807) is 28.1 Å². The van der Waals surface area contributed by atoms with Gasteiger partial charge in [-0.2, -0.15) is 0 Å². The first kappa shape index (κ1) is 91.0. The fraction of sp³-hybridized carbons (Fsp3) is 0.740. The number of aromatic nitrogens is 3. The molecule has 10 rings (SSSR count). The molecule has 3 amide bonds. The number of Topliss-reactive ketones (excluding diaryl/α,β-unsaturated/α-hetero) is 1. The number of piperidine rings is 6. The van der Waals surface area contributed by atoms with Crippen LogP contribution in [0, 0.1) is 26.0 Å². The fourth-order valence-corrected chi connectivity index (χ4v) is 13.1. The second kappa shape index (κ2) is 40.7. The molecule has 10 heterocycles. The van der Waals surface area contributed by atoms with Crippen molar-refractivity contribution in [3.05, 3.63) is 81.0 Å². The van der Waals surface area contributed by atoms with Crippen LogP contribution < -0.4 is 20.9 Å². The summed E-state index contributed by atoms with van der Waals surface area (Å²) in [6.07, 6.45) is 13.6. The number of ether oxygens (including phenoxy) is 4. The number of nitrogens with one attached hydrogen (secondary N) is 1. The second-order valence-corrected chi connectivity index (χ2v) is 32.9. The Morgan fingerprint density at radius 2 is 0.934 bits per heavy atom. The molecule has 7 aliphatic rings. The molecule has 0 bridgehead atoms. The highest BCUT2D eigenvalue weighted by Crippen LogP contribution is 2.37. The van der Waals surface area contributed by atoms with E-state index in [4.69, 9.17) is 24.7 Å². The normalized spacial score (nSPS) is 23.8. The second-order valence-electron chi connectivity index (χ2n) is 32.9. The van der Waals surface area contributed by atoms with Gasteiger partial charge in [-0.25, -0.2) is 23.8 Å². The number of nitrogens with zero attached hydrogens (tertiary/aromatic N) is 14. The zero-order valence-corrected chi connectivity index (χ0v) is 66.1. The van der Waals surface area contributed by atoms with Gasteiger partial charge < -0.3 is 115 Å². The van der Waals surface area contributed by atoms with E-state index in [2.05, 4.69) is 25.2 Å². The van der Waals surface area contributed by atoms with Crippen molar-refractivity contribution in [2.24, 2.45) is 0 Å². The number of epoxide rings is 1. The van der Waals surface area contributed by atoms with Crippen LogP contribution >= 0.6 is 0 Å². The molecule has 7 N–H and O–H groups in total. The predicted octanol–water partition coefficient (Wildman–Crippen LogP) is 6.91. The number of aliphatic hydroxyl groups is 4. The molecule has 600 valence electrons. The van der Waals surface area contributed by atoms with Crippen LogP contribution in [0.25, 0.3) is 0 Å². The Morgan fingerprint density at radius 1 is 0.547 bits per heavy atom. The fourth-order valence-electron chi connectivity index (χ4n) is 13.1.